The normalized spacial score (nSPS) is 26.3. The van der Waals surface area contributed by atoms with E-state index in [1.165, 1.54) is 4.90 Å². The van der Waals surface area contributed by atoms with E-state index in [4.69, 9.17) is 0 Å². The molecular formula is C19H19N3O3. The van der Waals surface area contributed by atoms with Gasteiger partial charge in [0, 0.05) is 12.6 Å². The zero-order valence-corrected chi connectivity index (χ0v) is 13.8. The standard InChI is InChI=1S/C19H19N3O3/c1-21-17-15(16(20-21)13-9-5-6-10-14(13)23)18(24)22(19(17)25)11-12-7-3-2-4-8-12/h2-10,15-17,20,23H,11H2,1H3/t15-,16+,17-/m1/s1. The first-order valence-electron chi connectivity index (χ1n) is 8.24. The number of benzene rings is 2. The predicted octanol–water partition coefficient (Wildman–Crippen LogP) is 1.44. The Bertz CT molecular complexity index is 824. The molecule has 0 unspecified atom stereocenters. The molecule has 0 spiro atoms. The summed E-state index contributed by atoms with van der Waals surface area (Å²) in [4.78, 5) is 27.2. The molecule has 2 aromatic rings. The van der Waals surface area contributed by atoms with E-state index >= 15 is 0 Å². The molecule has 25 heavy (non-hydrogen) atoms. The molecule has 6 heteroatoms. The lowest BCUT2D eigenvalue weighted by atomic mass is 9.90. The summed E-state index contributed by atoms with van der Waals surface area (Å²) < 4.78 is 0. The van der Waals surface area contributed by atoms with Gasteiger partial charge in [-0.1, -0.05) is 48.5 Å². The highest BCUT2D eigenvalue weighted by atomic mass is 16.3. The summed E-state index contributed by atoms with van der Waals surface area (Å²) in [6.07, 6.45) is 0. The maximum absolute atomic E-state index is 13.0. The van der Waals surface area contributed by atoms with Gasteiger partial charge >= 0.3 is 0 Å². The van der Waals surface area contributed by atoms with Crippen LogP contribution in [-0.4, -0.2) is 39.9 Å². The molecule has 2 amide bonds. The van der Waals surface area contributed by atoms with Crippen LogP contribution >= 0.6 is 0 Å². The lowest BCUT2D eigenvalue weighted by molar-refractivity contribution is -0.142. The number of carbonyl (C=O) groups is 2. The lowest BCUT2D eigenvalue weighted by Gasteiger charge is -2.22. The first-order valence-corrected chi connectivity index (χ1v) is 8.24. The molecule has 2 aliphatic rings. The molecule has 4 rings (SSSR count). The molecule has 2 aliphatic heterocycles. The third kappa shape index (κ3) is 2.50. The first kappa shape index (κ1) is 15.8. The third-order valence-corrected chi connectivity index (χ3v) is 4.98. The van der Waals surface area contributed by atoms with Crippen LogP contribution in [0.25, 0.3) is 0 Å². The van der Waals surface area contributed by atoms with E-state index in [0.717, 1.165) is 5.56 Å². The second kappa shape index (κ2) is 5.98. The summed E-state index contributed by atoms with van der Waals surface area (Å²) in [6, 6.07) is 15.4. The van der Waals surface area contributed by atoms with E-state index in [0.29, 0.717) is 5.56 Å². The number of phenols is 1. The summed E-state index contributed by atoms with van der Waals surface area (Å²) in [5, 5.41) is 11.8. The summed E-state index contributed by atoms with van der Waals surface area (Å²) in [5.41, 5.74) is 4.71. The van der Waals surface area contributed by atoms with Crippen molar-refractivity contribution in [1.29, 1.82) is 0 Å². The van der Waals surface area contributed by atoms with Crippen molar-refractivity contribution in [1.82, 2.24) is 15.3 Å². The highest BCUT2D eigenvalue weighted by Gasteiger charge is 2.57. The van der Waals surface area contributed by atoms with Gasteiger partial charge in [0.05, 0.1) is 18.5 Å². The molecule has 0 radical (unpaired) electrons. The van der Waals surface area contributed by atoms with Gasteiger partial charge < -0.3 is 5.11 Å². The Morgan fingerprint density at radius 3 is 2.40 bits per heavy atom. The molecular weight excluding hydrogens is 318 g/mol. The average Bonchev–Trinajstić information content (AvgIpc) is 3.08. The maximum atomic E-state index is 13.0. The lowest BCUT2D eigenvalue weighted by Crippen LogP contribution is -2.42. The highest BCUT2D eigenvalue weighted by molar-refractivity contribution is 6.07. The van der Waals surface area contributed by atoms with E-state index in [9.17, 15) is 14.7 Å². The number of hydrazine groups is 1. The van der Waals surface area contributed by atoms with Crippen molar-refractivity contribution in [3.05, 3.63) is 65.7 Å². The Morgan fingerprint density at radius 1 is 1.00 bits per heavy atom. The number of nitrogens with zero attached hydrogens (tertiary/aromatic N) is 2. The Balaban J connectivity index is 1.66. The van der Waals surface area contributed by atoms with Gasteiger partial charge in [0.2, 0.25) is 11.8 Å². The largest absolute Gasteiger partial charge is 0.508 e. The molecule has 0 aliphatic carbocycles. The summed E-state index contributed by atoms with van der Waals surface area (Å²) in [7, 11) is 1.76. The summed E-state index contributed by atoms with van der Waals surface area (Å²) in [6.45, 7) is 0.271. The fourth-order valence-electron chi connectivity index (χ4n) is 3.78. The number of carbonyl (C=O) groups excluding carboxylic acids is 2. The summed E-state index contributed by atoms with van der Waals surface area (Å²) in [5.74, 6) is -0.832. The second-order valence-corrected chi connectivity index (χ2v) is 6.50. The number of para-hydroxylation sites is 1. The van der Waals surface area contributed by atoms with E-state index in [2.05, 4.69) is 5.43 Å². The SMILES string of the molecule is CN1N[C@@H](c2ccccc2O)[C@H]2C(=O)N(Cc3ccccc3)C(=O)[C@@H]21. The van der Waals surface area contributed by atoms with Crippen LogP contribution in [0.5, 0.6) is 5.75 Å². The minimum atomic E-state index is -0.555. The Kier molecular flexibility index (Phi) is 3.78. The number of likely N-dealkylation sites (tertiary alicyclic amines) is 1. The van der Waals surface area contributed by atoms with Crippen LogP contribution in [-0.2, 0) is 16.1 Å². The van der Waals surface area contributed by atoms with Crippen LogP contribution in [0.2, 0.25) is 0 Å². The van der Waals surface area contributed by atoms with E-state index in [-0.39, 0.29) is 24.1 Å². The van der Waals surface area contributed by atoms with Gasteiger partial charge in [-0.2, -0.15) is 0 Å². The number of phenolic OH excluding ortho intramolecular Hbond substituents is 1. The number of nitrogens with one attached hydrogen (secondary N) is 1. The number of imide groups is 1. The van der Waals surface area contributed by atoms with E-state index in [1.54, 1.807) is 30.3 Å². The minimum Gasteiger partial charge on any atom is -0.508 e. The molecule has 128 valence electrons. The molecule has 0 bridgehead atoms. The zero-order chi connectivity index (χ0) is 17.6. The fraction of sp³-hybridized carbons (Fsp3) is 0.263. The van der Waals surface area contributed by atoms with Gasteiger partial charge in [-0.25, -0.2) is 10.4 Å². The van der Waals surface area contributed by atoms with Crippen molar-refractivity contribution in [2.24, 2.45) is 5.92 Å². The molecule has 2 saturated heterocycles. The number of aromatic hydroxyl groups is 1. The van der Waals surface area contributed by atoms with Crippen LogP contribution < -0.4 is 5.43 Å². The van der Waals surface area contributed by atoms with E-state index in [1.807, 2.05) is 36.4 Å². The highest BCUT2D eigenvalue weighted by Crippen LogP contribution is 2.42. The first-order chi connectivity index (χ1) is 12.1. The van der Waals surface area contributed by atoms with Gasteiger partial charge in [-0.15, -0.1) is 0 Å². The van der Waals surface area contributed by atoms with Crippen LogP contribution in [0.1, 0.15) is 17.2 Å². The van der Waals surface area contributed by atoms with E-state index < -0.39 is 18.0 Å². The minimum absolute atomic E-state index is 0.121. The number of hydrogen-bond donors (Lipinski definition) is 2. The number of amides is 2. The van der Waals surface area contributed by atoms with Crippen molar-refractivity contribution in [2.45, 2.75) is 18.6 Å². The van der Waals surface area contributed by atoms with Gasteiger partial charge in [-0.3, -0.25) is 14.5 Å². The number of likely N-dealkylation sites (N-methyl/N-ethyl adjacent to an activating group) is 1. The van der Waals surface area contributed by atoms with Gasteiger partial charge in [-0.05, 0) is 11.6 Å². The van der Waals surface area contributed by atoms with Crippen LogP contribution in [0.4, 0.5) is 0 Å². The molecule has 2 N–H and O–H groups in total. The Hall–Kier alpha value is -2.70. The fourth-order valence-corrected chi connectivity index (χ4v) is 3.78. The zero-order valence-electron chi connectivity index (χ0n) is 13.8. The monoisotopic (exact) mass is 337 g/mol. The van der Waals surface area contributed by atoms with Crippen molar-refractivity contribution in [3.63, 3.8) is 0 Å². The van der Waals surface area contributed by atoms with Crippen LogP contribution in [0.15, 0.2) is 54.6 Å². The van der Waals surface area contributed by atoms with Crippen molar-refractivity contribution >= 4 is 11.8 Å². The number of rotatable bonds is 3. The van der Waals surface area contributed by atoms with Crippen LogP contribution in [0.3, 0.4) is 0 Å². The van der Waals surface area contributed by atoms with Crippen LogP contribution in [0, 0.1) is 5.92 Å². The molecule has 0 saturated carbocycles. The molecule has 0 aromatic heterocycles. The van der Waals surface area contributed by atoms with Crippen molar-refractivity contribution < 1.29 is 14.7 Å². The Labute approximate surface area is 145 Å². The third-order valence-electron chi connectivity index (χ3n) is 4.98. The van der Waals surface area contributed by atoms with Gasteiger partial charge in [0.1, 0.15) is 11.8 Å². The second-order valence-electron chi connectivity index (χ2n) is 6.50. The molecule has 3 atom stereocenters. The van der Waals surface area contributed by atoms with Gasteiger partial charge in [0.25, 0.3) is 0 Å². The smallest absolute Gasteiger partial charge is 0.249 e. The predicted molar refractivity (Wildman–Crippen MR) is 91.0 cm³/mol. The van der Waals surface area contributed by atoms with Crippen molar-refractivity contribution in [2.75, 3.05) is 7.05 Å². The summed E-state index contributed by atoms with van der Waals surface area (Å²) >= 11 is 0. The molecule has 6 nitrogen and oxygen atoms in total. The topological polar surface area (TPSA) is 72.9 Å². The maximum Gasteiger partial charge on any atom is 0.249 e. The van der Waals surface area contributed by atoms with Crippen molar-refractivity contribution in [3.8, 4) is 5.75 Å². The molecule has 2 aromatic carbocycles. The molecule has 2 fully saturated rings. The number of fused-ring (bicyclic) bond motifs is 1. The average molecular weight is 337 g/mol. The quantitative estimate of drug-likeness (QED) is 0.829. The Morgan fingerprint density at radius 2 is 1.68 bits per heavy atom. The van der Waals surface area contributed by atoms with Gasteiger partial charge in [0.15, 0.2) is 0 Å². The molecule has 2 heterocycles. The number of hydrogen-bond acceptors (Lipinski definition) is 5.